The standard InChI is InChI=1S/C15H26N2O2/c1-11(2)17(10-13-8-7-12(3)19-13)14(18)9-16-15(4,5)6/h7-8,11,16H,9-10H2,1-6H3. The topological polar surface area (TPSA) is 45.5 Å². The molecule has 0 atom stereocenters. The van der Waals surface area contributed by atoms with Crippen molar-refractivity contribution in [1.82, 2.24) is 10.2 Å². The molecule has 0 aromatic carbocycles. The van der Waals surface area contributed by atoms with Gasteiger partial charge < -0.3 is 14.6 Å². The summed E-state index contributed by atoms with van der Waals surface area (Å²) in [5, 5.41) is 3.23. The van der Waals surface area contributed by atoms with Gasteiger partial charge in [-0.05, 0) is 53.7 Å². The van der Waals surface area contributed by atoms with Crippen molar-refractivity contribution in [1.29, 1.82) is 0 Å². The van der Waals surface area contributed by atoms with Gasteiger partial charge in [0.15, 0.2) is 0 Å². The number of carbonyl (C=O) groups excluding carboxylic acids is 1. The lowest BCUT2D eigenvalue weighted by Crippen LogP contribution is -2.46. The predicted molar refractivity (Wildman–Crippen MR) is 76.9 cm³/mol. The second-order valence-corrected chi connectivity index (χ2v) is 6.23. The molecule has 0 saturated carbocycles. The molecule has 1 heterocycles. The zero-order valence-electron chi connectivity index (χ0n) is 12.9. The molecule has 0 aliphatic heterocycles. The zero-order valence-corrected chi connectivity index (χ0v) is 12.9. The molecule has 0 fully saturated rings. The molecule has 0 radical (unpaired) electrons. The normalized spacial score (nSPS) is 11.9. The molecule has 1 amide bonds. The van der Waals surface area contributed by atoms with Crippen LogP contribution >= 0.6 is 0 Å². The first-order chi connectivity index (χ1) is 8.69. The third-order valence-electron chi connectivity index (χ3n) is 2.84. The van der Waals surface area contributed by atoms with E-state index >= 15 is 0 Å². The fourth-order valence-electron chi connectivity index (χ4n) is 1.74. The smallest absolute Gasteiger partial charge is 0.237 e. The molecule has 4 nitrogen and oxygen atoms in total. The lowest BCUT2D eigenvalue weighted by atomic mass is 10.1. The molecule has 0 aliphatic rings. The Morgan fingerprint density at radius 1 is 1.37 bits per heavy atom. The van der Waals surface area contributed by atoms with E-state index in [0.29, 0.717) is 13.1 Å². The summed E-state index contributed by atoms with van der Waals surface area (Å²) >= 11 is 0. The van der Waals surface area contributed by atoms with Gasteiger partial charge in [0, 0.05) is 11.6 Å². The molecule has 1 rings (SSSR count). The Balaban J connectivity index is 2.64. The van der Waals surface area contributed by atoms with E-state index in [4.69, 9.17) is 4.42 Å². The molecule has 0 saturated heterocycles. The number of aryl methyl sites for hydroxylation is 1. The predicted octanol–water partition coefficient (Wildman–Crippen LogP) is 2.71. The average Bonchev–Trinajstić information content (AvgIpc) is 2.67. The Morgan fingerprint density at radius 2 is 2.00 bits per heavy atom. The van der Waals surface area contributed by atoms with Gasteiger partial charge in [0.05, 0.1) is 13.1 Å². The molecule has 1 N–H and O–H groups in total. The zero-order chi connectivity index (χ0) is 14.6. The number of nitrogens with zero attached hydrogens (tertiary/aromatic N) is 1. The van der Waals surface area contributed by atoms with Crippen molar-refractivity contribution in [2.75, 3.05) is 6.54 Å². The van der Waals surface area contributed by atoms with Crippen molar-refractivity contribution >= 4 is 5.91 Å². The van der Waals surface area contributed by atoms with Crippen LogP contribution in [0.2, 0.25) is 0 Å². The van der Waals surface area contributed by atoms with Crippen LogP contribution in [0.4, 0.5) is 0 Å². The van der Waals surface area contributed by atoms with Crippen molar-refractivity contribution in [2.24, 2.45) is 0 Å². The third kappa shape index (κ3) is 5.47. The van der Waals surface area contributed by atoms with Crippen LogP contribution < -0.4 is 5.32 Å². The number of rotatable bonds is 5. The van der Waals surface area contributed by atoms with Crippen molar-refractivity contribution in [3.05, 3.63) is 23.7 Å². The molecule has 0 spiro atoms. The van der Waals surface area contributed by atoms with Gasteiger partial charge in [-0.2, -0.15) is 0 Å². The van der Waals surface area contributed by atoms with Gasteiger partial charge >= 0.3 is 0 Å². The highest BCUT2D eigenvalue weighted by molar-refractivity contribution is 5.78. The Labute approximate surface area is 116 Å². The molecule has 108 valence electrons. The first-order valence-corrected chi connectivity index (χ1v) is 6.79. The summed E-state index contributed by atoms with van der Waals surface area (Å²) in [6.07, 6.45) is 0. The van der Waals surface area contributed by atoms with Gasteiger partial charge in [0.1, 0.15) is 11.5 Å². The maximum Gasteiger partial charge on any atom is 0.237 e. The van der Waals surface area contributed by atoms with Crippen LogP contribution in [-0.2, 0) is 11.3 Å². The fraction of sp³-hybridized carbons (Fsp3) is 0.667. The van der Waals surface area contributed by atoms with E-state index in [-0.39, 0.29) is 17.5 Å². The number of furan rings is 1. The van der Waals surface area contributed by atoms with E-state index in [2.05, 4.69) is 26.1 Å². The van der Waals surface area contributed by atoms with Crippen LogP contribution in [0.3, 0.4) is 0 Å². The van der Waals surface area contributed by atoms with Gasteiger partial charge in [-0.25, -0.2) is 0 Å². The second-order valence-electron chi connectivity index (χ2n) is 6.23. The quantitative estimate of drug-likeness (QED) is 0.891. The van der Waals surface area contributed by atoms with Crippen molar-refractivity contribution < 1.29 is 9.21 Å². The van der Waals surface area contributed by atoms with Crippen LogP contribution in [0, 0.1) is 6.92 Å². The molecule has 0 bridgehead atoms. The van der Waals surface area contributed by atoms with Gasteiger partial charge in [0.25, 0.3) is 0 Å². The minimum atomic E-state index is -0.0560. The van der Waals surface area contributed by atoms with Crippen LogP contribution in [0.1, 0.15) is 46.1 Å². The molecule has 4 heteroatoms. The average molecular weight is 266 g/mol. The van der Waals surface area contributed by atoms with Crippen LogP contribution in [0.5, 0.6) is 0 Å². The number of amides is 1. The lowest BCUT2D eigenvalue weighted by molar-refractivity contribution is -0.133. The molecule has 0 aliphatic carbocycles. The molecular weight excluding hydrogens is 240 g/mol. The minimum Gasteiger partial charge on any atom is -0.464 e. The maximum atomic E-state index is 12.3. The molecule has 1 aromatic rings. The van der Waals surface area contributed by atoms with Gasteiger partial charge in [-0.3, -0.25) is 4.79 Å². The number of hydrogen-bond acceptors (Lipinski definition) is 3. The maximum absolute atomic E-state index is 12.3. The highest BCUT2D eigenvalue weighted by atomic mass is 16.3. The summed E-state index contributed by atoms with van der Waals surface area (Å²) in [5.74, 6) is 1.80. The summed E-state index contributed by atoms with van der Waals surface area (Å²) < 4.78 is 5.55. The van der Waals surface area contributed by atoms with Crippen molar-refractivity contribution in [2.45, 2.75) is 59.7 Å². The van der Waals surface area contributed by atoms with Crippen LogP contribution in [0.15, 0.2) is 16.5 Å². The Hall–Kier alpha value is -1.29. The van der Waals surface area contributed by atoms with E-state index in [1.165, 1.54) is 0 Å². The Bertz CT molecular complexity index is 416. The Morgan fingerprint density at radius 3 is 2.42 bits per heavy atom. The largest absolute Gasteiger partial charge is 0.464 e. The van der Waals surface area contributed by atoms with E-state index in [9.17, 15) is 4.79 Å². The first-order valence-electron chi connectivity index (χ1n) is 6.79. The number of nitrogens with one attached hydrogen (secondary N) is 1. The summed E-state index contributed by atoms with van der Waals surface area (Å²) in [5.41, 5.74) is -0.0560. The second kappa shape index (κ2) is 6.24. The van der Waals surface area contributed by atoms with Gasteiger partial charge in [-0.1, -0.05) is 0 Å². The van der Waals surface area contributed by atoms with Gasteiger partial charge in [0.2, 0.25) is 5.91 Å². The Kier molecular flexibility index (Phi) is 5.18. The van der Waals surface area contributed by atoms with E-state index in [1.54, 1.807) is 0 Å². The third-order valence-corrected chi connectivity index (χ3v) is 2.84. The SMILES string of the molecule is Cc1ccc(CN(C(=O)CNC(C)(C)C)C(C)C)o1. The summed E-state index contributed by atoms with van der Waals surface area (Å²) in [6, 6.07) is 4.00. The fourth-order valence-corrected chi connectivity index (χ4v) is 1.74. The molecular formula is C15H26N2O2. The monoisotopic (exact) mass is 266 g/mol. The van der Waals surface area contributed by atoms with Crippen LogP contribution in [-0.4, -0.2) is 28.9 Å². The summed E-state index contributed by atoms with van der Waals surface area (Å²) in [4.78, 5) is 14.1. The van der Waals surface area contributed by atoms with Crippen molar-refractivity contribution in [3.8, 4) is 0 Å². The summed E-state index contributed by atoms with van der Waals surface area (Å²) in [7, 11) is 0. The molecule has 19 heavy (non-hydrogen) atoms. The van der Waals surface area contributed by atoms with Crippen molar-refractivity contribution in [3.63, 3.8) is 0 Å². The molecule has 1 aromatic heterocycles. The lowest BCUT2D eigenvalue weighted by Gasteiger charge is -2.28. The van der Waals surface area contributed by atoms with Crippen LogP contribution in [0.25, 0.3) is 0 Å². The van der Waals surface area contributed by atoms with E-state index < -0.39 is 0 Å². The highest BCUT2D eigenvalue weighted by Gasteiger charge is 2.20. The number of carbonyl (C=O) groups is 1. The highest BCUT2D eigenvalue weighted by Crippen LogP contribution is 2.12. The van der Waals surface area contributed by atoms with E-state index in [1.807, 2.05) is 37.8 Å². The summed E-state index contributed by atoms with van der Waals surface area (Å²) in [6.45, 7) is 13.0. The molecule has 0 unspecified atom stereocenters. The van der Waals surface area contributed by atoms with Gasteiger partial charge in [-0.15, -0.1) is 0 Å². The first kappa shape index (κ1) is 15.8. The number of hydrogen-bond donors (Lipinski definition) is 1. The minimum absolute atomic E-state index is 0.0560. The van der Waals surface area contributed by atoms with E-state index in [0.717, 1.165) is 11.5 Å².